The van der Waals surface area contributed by atoms with Gasteiger partial charge >= 0.3 is 0 Å². The standard InChI is InChI=1S/C24H26FN5O/c1-15(31)29-18-6-8-19(9-7-18)30-14-28-22(16-2-4-17(25)5-3-16)23(30)20-10-12-26-24-21(20)11-13-27-24/h2-5,10-14,18-19,24,26-27H,6-9H2,1H3,(H,29,31). The lowest BCUT2D eigenvalue weighted by Gasteiger charge is -2.31. The van der Waals surface area contributed by atoms with Crippen molar-refractivity contribution in [3.8, 4) is 11.3 Å². The first-order chi connectivity index (χ1) is 15.1. The summed E-state index contributed by atoms with van der Waals surface area (Å²) in [7, 11) is 0. The predicted octanol–water partition coefficient (Wildman–Crippen LogP) is 3.62. The van der Waals surface area contributed by atoms with Crippen LogP contribution in [0, 0.1) is 5.82 Å². The number of nitrogens with one attached hydrogen (secondary N) is 3. The fourth-order valence-electron chi connectivity index (χ4n) is 4.85. The topological polar surface area (TPSA) is 71.0 Å². The summed E-state index contributed by atoms with van der Waals surface area (Å²) in [6.07, 6.45) is 13.9. The lowest BCUT2D eigenvalue weighted by atomic mass is 9.90. The molecule has 0 spiro atoms. The van der Waals surface area contributed by atoms with E-state index in [1.165, 1.54) is 17.7 Å². The summed E-state index contributed by atoms with van der Waals surface area (Å²) in [5.74, 6) is -0.225. The molecule has 0 bridgehead atoms. The summed E-state index contributed by atoms with van der Waals surface area (Å²) < 4.78 is 15.8. The second-order valence-electron chi connectivity index (χ2n) is 8.36. The van der Waals surface area contributed by atoms with Gasteiger partial charge in [-0.25, -0.2) is 9.37 Å². The minimum atomic E-state index is -0.257. The van der Waals surface area contributed by atoms with Crippen molar-refractivity contribution < 1.29 is 9.18 Å². The van der Waals surface area contributed by atoms with Gasteiger partial charge in [-0.3, -0.25) is 4.79 Å². The van der Waals surface area contributed by atoms with Crippen molar-refractivity contribution in [1.82, 2.24) is 25.5 Å². The number of nitrogens with zero attached hydrogens (tertiary/aromatic N) is 2. The predicted molar refractivity (Wildman–Crippen MR) is 118 cm³/mol. The number of carbonyl (C=O) groups is 1. The SMILES string of the molecule is CC(=O)NC1CCC(n2cnc(-c3ccc(F)cc3)c2C2=C3C=CNC3NC=C2)CC1. The largest absolute Gasteiger partial charge is 0.368 e. The van der Waals surface area contributed by atoms with Crippen LogP contribution >= 0.6 is 0 Å². The lowest BCUT2D eigenvalue weighted by Crippen LogP contribution is -2.37. The molecule has 31 heavy (non-hydrogen) atoms. The maximum atomic E-state index is 13.6. The highest BCUT2D eigenvalue weighted by molar-refractivity contribution is 5.86. The van der Waals surface area contributed by atoms with E-state index in [0.717, 1.165) is 48.2 Å². The molecule has 2 aromatic rings. The zero-order chi connectivity index (χ0) is 21.4. The molecule has 3 aliphatic rings. The molecule has 5 rings (SSSR count). The van der Waals surface area contributed by atoms with Gasteiger partial charge in [0.1, 0.15) is 12.0 Å². The van der Waals surface area contributed by atoms with E-state index in [1.54, 1.807) is 19.1 Å². The molecule has 1 saturated carbocycles. The highest BCUT2D eigenvalue weighted by Gasteiger charge is 2.30. The number of hydrogen-bond acceptors (Lipinski definition) is 4. The third-order valence-electron chi connectivity index (χ3n) is 6.32. The second-order valence-corrected chi connectivity index (χ2v) is 8.36. The van der Waals surface area contributed by atoms with Crippen molar-refractivity contribution in [2.24, 2.45) is 0 Å². The van der Waals surface area contributed by atoms with Crippen LogP contribution in [0.1, 0.15) is 44.3 Å². The van der Waals surface area contributed by atoms with E-state index in [1.807, 2.05) is 18.7 Å². The summed E-state index contributed by atoms with van der Waals surface area (Å²) >= 11 is 0. The molecule has 3 N–H and O–H groups in total. The summed E-state index contributed by atoms with van der Waals surface area (Å²) in [5.41, 5.74) is 5.09. The molecule has 0 radical (unpaired) electrons. The minimum absolute atomic E-state index is 0.0312. The maximum absolute atomic E-state index is 13.6. The Bertz CT molecular complexity index is 1070. The Morgan fingerprint density at radius 1 is 1.10 bits per heavy atom. The van der Waals surface area contributed by atoms with Gasteiger partial charge in [-0.05, 0) is 74.5 Å². The molecule has 2 aliphatic heterocycles. The van der Waals surface area contributed by atoms with Crippen LogP contribution in [-0.2, 0) is 4.79 Å². The van der Waals surface area contributed by atoms with Crippen LogP contribution in [0.4, 0.5) is 4.39 Å². The molecule has 1 unspecified atom stereocenters. The number of carbonyl (C=O) groups excluding carboxylic acids is 1. The molecule has 0 saturated heterocycles. The molecule has 1 aromatic heterocycles. The number of benzene rings is 1. The van der Waals surface area contributed by atoms with E-state index >= 15 is 0 Å². The molecule has 3 heterocycles. The van der Waals surface area contributed by atoms with Gasteiger partial charge in [0.15, 0.2) is 0 Å². The van der Waals surface area contributed by atoms with Crippen LogP contribution in [0.2, 0.25) is 0 Å². The number of amides is 1. The molecule has 1 aromatic carbocycles. The average molecular weight is 420 g/mol. The van der Waals surface area contributed by atoms with Crippen molar-refractivity contribution in [2.75, 3.05) is 0 Å². The fourth-order valence-corrected chi connectivity index (χ4v) is 4.85. The Kier molecular flexibility index (Phi) is 5.10. The molecule has 1 fully saturated rings. The first-order valence-electron chi connectivity index (χ1n) is 10.8. The molecule has 160 valence electrons. The fraction of sp³-hybridized carbons (Fsp3) is 0.333. The highest BCUT2D eigenvalue weighted by Crippen LogP contribution is 2.38. The number of dihydropyridines is 1. The van der Waals surface area contributed by atoms with E-state index in [-0.39, 0.29) is 23.9 Å². The number of halogens is 1. The summed E-state index contributed by atoms with van der Waals surface area (Å²) in [4.78, 5) is 16.2. The number of imidazole rings is 1. The zero-order valence-corrected chi connectivity index (χ0v) is 17.4. The maximum Gasteiger partial charge on any atom is 0.217 e. The number of rotatable bonds is 4. The van der Waals surface area contributed by atoms with Crippen LogP contribution < -0.4 is 16.0 Å². The Morgan fingerprint density at radius 2 is 1.81 bits per heavy atom. The summed E-state index contributed by atoms with van der Waals surface area (Å²) in [6.45, 7) is 1.58. The Labute approximate surface area is 180 Å². The van der Waals surface area contributed by atoms with Crippen molar-refractivity contribution in [1.29, 1.82) is 0 Å². The molecular formula is C24H26FN5O. The van der Waals surface area contributed by atoms with Crippen molar-refractivity contribution in [3.05, 3.63) is 72.2 Å². The zero-order valence-electron chi connectivity index (χ0n) is 17.4. The van der Waals surface area contributed by atoms with Gasteiger partial charge in [-0.1, -0.05) is 0 Å². The number of allylic oxidation sites excluding steroid dienone is 2. The van der Waals surface area contributed by atoms with Crippen molar-refractivity contribution in [3.63, 3.8) is 0 Å². The van der Waals surface area contributed by atoms with Gasteiger partial charge in [0.2, 0.25) is 5.91 Å². The van der Waals surface area contributed by atoms with Crippen LogP contribution in [0.5, 0.6) is 0 Å². The van der Waals surface area contributed by atoms with E-state index in [2.05, 4.69) is 32.7 Å². The van der Waals surface area contributed by atoms with Gasteiger partial charge in [0.05, 0.1) is 17.7 Å². The third kappa shape index (κ3) is 3.76. The highest BCUT2D eigenvalue weighted by atomic mass is 19.1. The van der Waals surface area contributed by atoms with E-state index in [4.69, 9.17) is 4.98 Å². The first-order valence-corrected chi connectivity index (χ1v) is 10.8. The average Bonchev–Trinajstić information content (AvgIpc) is 3.41. The Morgan fingerprint density at radius 3 is 2.52 bits per heavy atom. The van der Waals surface area contributed by atoms with Gasteiger partial charge in [0.25, 0.3) is 0 Å². The minimum Gasteiger partial charge on any atom is -0.368 e. The quantitative estimate of drug-likeness (QED) is 0.708. The van der Waals surface area contributed by atoms with E-state index in [0.29, 0.717) is 6.04 Å². The normalized spacial score (nSPS) is 24.5. The summed E-state index contributed by atoms with van der Waals surface area (Å²) in [5, 5.41) is 9.70. The van der Waals surface area contributed by atoms with Crippen LogP contribution in [0.15, 0.2) is 60.7 Å². The lowest BCUT2D eigenvalue weighted by molar-refractivity contribution is -0.119. The van der Waals surface area contributed by atoms with Crippen LogP contribution in [-0.4, -0.2) is 27.7 Å². The molecule has 1 amide bonds. The van der Waals surface area contributed by atoms with Crippen LogP contribution in [0.25, 0.3) is 16.8 Å². The molecular weight excluding hydrogens is 393 g/mol. The van der Waals surface area contributed by atoms with Crippen molar-refractivity contribution in [2.45, 2.75) is 50.9 Å². The van der Waals surface area contributed by atoms with Gasteiger partial charge in [-0.15, -0.1) is 0 Å². The summed E-state index contributed by atoms with van der Waals surface area (Å²) in [6, 6.07) is 7.07. The number of aromatic nitrogens is 2. The second kappa shape index (κ2) is 8.06. The van der Waals surface area contributed by atoms with Crippen LogP contribution in [0.3, 0.4) is 0 Å². The first kappa shape index (κ1) is 19.6. The molecule has 7 heteroatoms. The van der Waals surface area contributed by atoms with Gasteiger partial charge in [0, 0.05) is 35.7 Å². The number of fused-ring (bicyclic) bond motifs is 1. The number of hydrogen-bond donors (Lipinski definition) is 3. The smallest absolute Gasteiger partial charge is 0.217 e. The Hall–Kier alpha value is -3.35. The molecule has 6 nitrogen and oxygen atoms in total. The van der Waals surface area contributed by atoms with Gasteiger partial charge < -0.3 is 20.5 Å². The Balaban J connectivity index is 1.55. The molecule has 1 aliphatic carbocycles. The van der Waals surface area contributed by atoms with Crippen molar-refractivity contribution >= 4 is 11.5 Å². The third-order valence-corrected chi connectivity index (χ3v) is 6.32. The monoisotopic (exact) mass is 419 g/mol. The van der Waals surface area contributed by atoms with E-state index < -0.39 is 0 Å². The van der Waals surface area contributed by atoms with E-state index in [9.17, 15) is 9.18 Å². The molecule has 1 atom stereocenters. The van der Waals surface area contributed by atoms with Gasteiger partial charge in [-0.2, -0.15) is 0 Å².